The van der Waals surface area contributed by atoms with E-state index in [2.05, 4.69) is 11.1 Å². The van der Waals surface area contributed by atoms with E-state index in [0.717, 1.165) is 36.0 Å². The quantitative estimate of drug-likeness (QED) is 0.759. The zero-order valence-corrected chi connectivity index (χ0v) is 15.8. The first-order valence-corrected chi connectivity index (χ1v) is 9.96. The summed E-state index contributed by atoms with van der Waals surface area (Å²) >= 11 is 0. The molecule has 1 saturated carbocycles. The first kappa shape index (κ1) is 17.7. The Hall–Kier alpha value is -2.38. The maximum atomic E-state index is 12.5. The van der Waals surface area contributed by atoms with Gasteiger partial charge >= 0.3 is 5.69 Å². The first-order chi connectivity index (χ1) is 13.8. The summed E-state index contributed by atoms with van der Waals surface area (Å²) in [4.78, 5) is 16.6. The maximum absolute atomic E-state index is 12.5. The van der Waals surface area contributed by atoms with E-state index in [1.165, 1.54) is 18.4 Å². The van der Waals surface area contributed by atoms with Crippen LogP contribution in [0.5, 0.6) is 11.6 Å². The predicted octanol–water partition coefficient (Wildman–Crippen LogP) is 2.05. The number of nitrogens with zero attached hydrogens (tertiary/aromatic N) is 2. The second-order valence-electron chi connectivity index (χ2n) is 7.62. The van der Waals surface area contributed by atoms with Crippen LogP contribution in [0.1, 0.15) is 18.4 Å². The van der Waals surface area contributed by atoms with E-state index in [1.54, 1.807) is 4.57 Å². The van der Waals surface area contributed by atoms with Gasteiger partial charge in [-0.05, 0) is 48.9 Å². The van der Waals surface area contributed by atoms with Crippen molar-refractivity contribution in [2.75, 3.05) is 33.0 Å². The van der Waals surface area contributed by atoms with Gasteiger partial charge in [-0.3, -0.25) is 4.57 Å². The summed E-state index contributed by atoms with van der Waals surface area (Å²) in [5, 5.41) is 0. The molecule has 7 nitrogen and oxygen atoms in total. The highest BCUT2D eigenvalue weighted by molar-refractivity contribution is 5.67. The van der Waals surface area contributed by atoms with Crippen molar-refractivity contribution in [3.05, 3.63) is 40.3 Å². The molecule has 3 aliphatic rings. The topological polar surface area (TPSA) is 71.8 Å². The molecule has 1 aromatic heterocycles. The summed E-state index contributed by atoms with van der Waals surface area (Å²) in [5.74, 6) is 1.95. The molecule has 148 valence electrons. The maximum Gasteiger partial charge on any atom is 0.351 e. The molecule has 0 radical (unpaired) electrons. The number of hydrogen-bond donors (Lipinski definition) is 0. The molecule has 1 unspecified atom stereocenters. The molecule has 2 fully saturated rings. The Bertz CT molecular complexity index is 915. The zero-order valence-electron chi connectivity index (χ0n) is 15.8. The van der Waals surface area contributed by atoms with Crippen LogP contribution in [0.4, 0.5) is 0 Å². The molecule has 3 heterocycles. The fourth-order valence-corrected chi connectivity index (χ4v) is 3.66. The van der Waals surface area contributed by atoms with Gasteiger partial charge in [0.2, 0.25) is 5.88 Å². The van der Waals surface area contributed by atoms with Crippen LogP contribution in [0.25, 0.3) is 11.3 Å². The molecule has 0 N–H and O–H groups in total. The van der Waals surface area contributed by atoms with Gasteiger partial charge in [0, 0.05) is 18.2 Å². The smallest absolute Gasteiger partial charge is 0.351 e. The summed E-state index contributed by atoms with van der Waals surface area (Å²) in [6.07, 6.45) is 3.20. The van der Waals surface area contributed by atoms with Crippen molar-refractivity contribution in [3.8, 4) is 22.9 Å². The lowest BCUT2D eigenvalue weighted by Gasteiger charge is -2.24. The number of aromatic nitrogens is 2. The second-order valence-corrected chi connectivity index (χ2v) is 7.62. The molecule has 7 heteroatoms. The highest BCUT2D eigenvalue weighted by atomic mass is 16.6. The molecule has 0 bridgehead atoms. The number of benzene rings is 1. The minimum absolute atomic E-state index is 0.132. The van der Waals surface area contributed by atoms with E-state index in [1.807, 2.05) is 18.2 Å². The van der Waals surface area contributed by atoms with E-state index in [-0.39, 0.29) is 11.8 Å². The highest BCUT2D eigenvalue weighted by Crippen LogP contribution is 2.34. The molecule has 1 atom stereocenters. The van der Waals surface area contributed by atoms with Crippen molar-refractivity contribution in [2.24, 2.45) is 5.92 Å². The summed E-state index contributed by atoms with van der Waals surface area (Å²) in [7, 11) is 0. The lowest BCUT2D eigenvalue weighted by atomic mass is 9.97. The van der Waals surface area contributed by atoms with Crippen molar-refractivity contribution in [3.63, 3.8) is 0 Å². The number of rotatable bonds is 6. The molecular weight excluding hydrogens is 360 g/mol. The van der Waals surface area contributed by atoms with Gasteiger partial charge in [-0.25, -0.2) is 4.79 Å². The van der Waals surface area contributed by atoms with Crippen LogP contribution in [0, 0.1) is 5.92 Å². The molecule has 1 saturated heterocycles. The molecule has 5 rings (SSSR count). The van der Waals surface area contributed by atoms with Gasteiger partial charge in [0.05, 0.1) is 32.1 Å². The summed E-state index contributed by atoms with van der Waals surface area (Å²) < 4.78 is 24.3. The summed E-state index contributed by atoms with van der Waals surface area (Å²) in [6.45, 7) is 3.39. The fourth-order valence-electron chi connectivity index (χ4n) is 3.66. The van der Waals surface area contributed by atoms with E-state index in [0.29, 0.717) is 38.9 Å². The van der Waals surface area contributed by atoms with Crippen molar-refractivity contribution in [1.82, 2.24) is 9.55 Å². The van der Waals surface area contributed by atoms with Gasteiger partial charge < -0.3 is 18.9 Å². The van der Waals surface area contributed by atoms with Gasteiger partial charge in [0.25, 0.3) is 0 Å². The number of fused-ring (bicyclic) bond motifs is 3. The molecule has 0 amide bonds. The number of aryl methyl sites for hydroxylation is 1. The third kappa shape index (κ3) is 3.77. The van der Waals surface area contributed by atoms with Crippen molar-refractivity contribution < 1.29 is 18.9 Å². The molecule has 1 aromatic carbocycles. The molecular formula is C21H24N2O5. The van der Waals surface area contributed by atoms with Crippen molar-refractivity contribution >= 4 is 0 Å². The summed E-state index contributed by atoms with van der Waals surface area (Å²) in [6, 6.07) is 7.95. The lowest BCUT2D eigenvalue weighted by Crippen LogP contribution is -2.34. The first-order valence-electron chi connectivity index (χ1n) is 9.96. The van der Waals surface area contributed by atoms with Crippen molar-refractivity contribution in [1.29, 1.82) is 0 Å². The SMILES string of the molecule is O=c1nc(OCC2COCCO2)cc2n1CCc1cc(OCC3CC3)ccc1-2. The van der Waals surface area contributed by atoms with Crippen LogP contribution in [0.3, 0.4) is 0 Å². The van der Waals surface area contributed by atoms with Gasteiger partial charge in [-0.2, -0.15) is 4.98 Å². The number of hydrogen-bond acceptors (Lipinski definition) is 6. The normalized spacial score (nSPS) is 20.9. The van der Waals surface area contributed by atoms with Gasteiger partial charge in [0.1, 0.15) is 18.5 Å². The van der Waals surface area contributed by atoms with Crippen LogP contribution < -0.4 is 15.2 Å². The van der Waals surface area contributed by atoms with E-state index >= 15 is 0 Å². The molecule has 0 spiro atoms. The van der Waals surface area contributed by atoms with Crippen LogP contribution in [-0.2, 0) is 22.4 Å². The Morgan fingerprint density at radius 2 is 2.07 bits per heavy atom. The second kappa shape index (κ2) is 7.56. The third-order valence-electron chi connectivity index (χ3n) is 5.43. The van der Waals surface area contributed by atoms with Crippen LogP contribution in [-0.4, -0.2) is 48.7 Å². The average Bonchev–Trinajstić information content (AvgIpc) is 3.56. The summed E-state index contributed by atoms with van der Waals surface area (Å²) in [5.41, 5.74) is 2.78. The Balaban J connectivity index is 1.36. The lowest BCUT2D eigenvalue weighted by molar-refractivity contribution is -0.102. The molecule has 2 aromatic rings. The Morgan fingerprint density at radius 3 is 2.89 bits per heavy atom. The molecule has 28 heavy (non-hydrogen) atoms. The third-order valence-corrected chi connectivity index (χ3v) is 5.43. The molecule has 2 aliphatic heterocycles. The van der Waals surface area contributed by atoms with Gasteiger partial charge in [-0.1, -0.05) is 0 Å². The van der Waals surface area contributed by atoms with Crippen LogP contribution in [0.15, 0.2) is 29.1 Å². The van der Waals surface area contributed by atoms with Crippen molar-refractivity contribution in [2.45, 2.75) is 31.9 Å². The average molecular weight is 384 g/mol. The zero-order chi connectivity index (χ0) is 18.9. The van der Waals surface area contributed by atoms with Gasteiger partial charge in [-0.15, -0.1) is 0 Å². The van der Waals surface area contributed by atoms with E-state index in [9.17, 15) is 4.79 Å². The largest absolute Gasteiger partial charge is 0.493 e. The minimum atomic E-state index is -0.284. The molecule has 1 aliphatic carbocycles. The predicted molar refractivity (Wildman–Crippen MR) is 102 cm³/mol. The van der Waals surface area contributed by atoms with E-state index < -0.39 is 0 Å². The van der Waals surface area contributed by atoms with E-state index in [4.69, 9.17) is 18.9 Å². The Morgan fingerprint density at radius 1 is 1.14 bits per heavy atom. The van der Waals surface area contributed by atoms with Crippen LogP contribution >= 0.6 is 0 Å². The Kier molecular flexibility index (Phi) is 4.78. The fraction of sp³-hybridized carbons (Fsp3) is 0.524. The minimum Gasteiger partial charge on any atom is -0.493 e. The number of ether oxygens (including phenoxy) is 4. The van der Waals surface area contributed by atoms with Crippen LogP contribution in [0.2, 0.25) is 0 Å². The highest BCUT2D eigenvalue weighted by Gasteiger charge is 2.23. The Labute approximate surface area is 163 Å². The monoisotopic (exact) mass is 384 g/mol. The van der Waals surface area contributed by atoms with Gasteiger partial charge in [0.15, 0.2) is 0 Å². The standard InChI is InChI=1S/C21H24N2O5/c24-21-22-20(28-13-17-12-25-7-8-26-17)10-19-18-4-3-16(27-11-14-1-2-14)9-15(18)5-6-23(19)21/h3-4,9-10,14,17H,1-2,5-8,11-13H2.